The third-order valence-corrected chi connectivity index (χ3v) is 2.89. The minimum Gasteiger partial charge on any atom is -0.398 e. The minimum absolute atomic E-state index is 0.222. The fraction of sp³-hybridized carbons (Fsp3) is 0.200. The van der Waals surface area contributed by atoms with Gasteiger partial charge in [0.25, 0.3) is 0 Å². The topological polar surface area (TPSA) is 26.0 Å². The van der Waals surface area contributed by atoms with Crippen LogP contribution in [0.15, 0.2) is 42.5 Å². The molecule has 0 saturated heterocycles. The van der Waals surface area contributed by atoms with Gasteiger partial charge < -0.3 is 5.73 Å². The lowest BCUT2D eigenvalue weighted by Crippen LogP contribution is -1.96. The maximum Gasteiger partial charge on any atom is 0.123 e. The van der Waals surface area contributed by atoms with Gasteiger partial charge in [-0.3, -0.25) is 0 Å². The Kier molecular flexibility index (Phi) is 3.14. The zero-order valence-corrected chi connectivity index (χ0v) is 10.1. The first-order chi connectivity index (χ1) is 8.08. The molecule has 0 saturated carbocycles. The summed E-state index contributed by atoms with van der Waals surface area (Å²) in [6.07, 6.45) is 0. The van der Waals surface area contributed by atoms with E-state index in [1.165, 1.54) is 12.1 Å². The van der Waals surface area contributed by atoms with Gasteiger partial charge in [0.05, 0.1) is 0 Å². The summed E-state index contributed by atoms with van der Waals surface area (Å²) in [7, 11) is 0. The van der Waals surface area contributed by atoms with Crippen LogP contribution in [-0.4, -0.2) is 0 Å². The second-order valence-electron chi connectivity index (χ2n) is 4.51. The van der Waals surface area contributed by atoms with Crippen molar-refractivity contribution in [2.75, 3.05) is 5.73 Å². The second-order valence-corrected chi connectivity index (χ2v) is 4.51. The molecule has 2 aromatic rings. The molecule has 0 aliphatic rings. The zero-order chi connectivity index (χ0) is 12.4. The van der Waals surface area contributed by atoms with Crippen molar-refractivity contribution < 1.29 is 4.39 Å². The number of hydrogen-bond acceptors (Lipinski definition) is 1. The summed E-state index contributed by atoms with van der Waals surface area (Å²) in [5.74, 6) is 0.192. The maximum absolute atomic E-state index is 12.8. The molecule has 0 spiro atoms. The molecule has 0 aromatic heterocycles. The molecule has 0 fully saturated rings. The zero-order valence-electron chi connectivity index (χ0n) is 10.1. The van der Waals surface area contributed by atoms with Crippen molar-refractivity contribution in [1.29, 1.82) is 0 Å². The summed E-state index contributed by atoms with van der Waals surface area (Å²) in [6, 6.07) is 12.5. The number of nitrogens with two attached hydrogens (primary N) is 1. The van der Waals surface area contributed by atoms with Crippen molar-refractivity contribution >= 4 is 5.69 Å². The van der Waals surface area contributed by atoms with E-state index in [9.17, 15) is 4.39 Å². The Morgan fingerprint density at radius 1 is 0.941 bits per heavy atom. The largest absolute Gasteiger partial charge is 0.398 e. The lowest BCUT2D eigenvalue weighted by Gasteiger charge is -2.11. The van der Waals surface area contributed by atoms with Crippen molar-refractivity contribution in [3.63, 3.8) is 0 Å². The molecule has 2 aromatic carbocycles. The van der Waals surface area contributed by atoms with Gasteiger partial charge in [-0.15, -0.1) is 0 Å². The minimum atomic E-state index is -0.222. The van der Waals surface area contributed by atoms with E-state index in [-0.39, 0.29) is 5.82 Å². The molecular weight excluding hydrogens is 213 g/mol. The Balaban J connectivity index is 2.41. The molecule has 0 bridgehead atoms. The van der Waals surface area contributed by atoms with Gasteiger partial charge in [0.2, 0.25) is 0 Å². The molecule has 0 amide bonds. The van der Waals surface area contributed by atoms with Gasteiger partial charge >= 0.3 is 0 Å². The van der Waals surface area contributed by atoms with Gasteiger partial charge in [0.1, 0.15) is 5.82 Å². The van der Waals surface area contributed by atoms with E-state index in [0.717, 1.165) is 22.4 Å². The molecule has 2 heteroatoms. The van der Waals surface area contributed by atoms with Gasteiger partial charge in [0.15, 0.2) is 0 Å². The van der Waals surface area contributed by atoms with Crippen LogP contribution < -0.4 is 5.73 Å². The van der Waals surface area contributed by atoms with Crippen LogP contribution in [0.3, 0.4) is 0 Å². The van der Waals surface area contributed by atoms with Gasteiger partial charge in [-0.05, 0) is 40.8 Å². The second kappa shape index (κ2) is 4.58. The molecule has 2 rings (SSSR count). The summed E-state index contributed by atoms with van der Waals surface area (Å²) in [6.45, 7) is 4.23. The molecule has 2 N–H and O–H groups in total. The molecule has 0 unspecified atom stereocenters. The van der Waals surface area contributed by atoms with Crippen LogP contribution in [0.5, 0.6) is 0 Å². The predicted molar refractivity (Wildman–Crippen MR) is 70.3 cm³/mol. The van der Waals surface area contributed by atoms with Gasteiger partial charge in [-0.25, -0.2) is 4.39 Å². The van der Waals surface area contributed by atoms with Crippen molar-refractivity contribution in [3.05, 3.63) is 53.8 Å². The fourth-order valence-corrected chi connectivity index (χ4v) is 1.92. The molecular formula is C15H16FN. The smallest absolute Gasteiger partial charge is 0.123 e. The number of rotatable bonds is 2. The van der Waals surface area contributed by atoms with Crippen LogP contribution in [0.1, 0.15) is 25.3 Å². The highest BCUT2D eigenvalue weighted by molar-refractivity contribution is 5.69. The number of benzene rings is 2. The lowest BCUT2D eigenvalue weighted by atomic mass is 9.97. The van der Waals surface area contributed by atoms with Gasteiger partial charge in [0, 0.05) is 5.69 Å². The maximum atomic E-state index is 12.8. The highest BCUT2D eigenvalue weighted by Crippen LogP contribution is 2.28. The van der Waals surface area contributed by atoms with Crippen molar-refractivity contribution in [3.8, 4) is 11.1 Å². The van der Waals surface area contributed by atoms with Gasteiger partial charge in [-0.2, -0.15) is 0 Å². The van der Waals surface area contributed by atoms with Crippen LogP contribution >= 0.6 is 0 Å². The average Bonchev–Trinajstić information content (AvgIpc) is 2.29. The number of nitrogen functional groups attached to an aromatic ring is 1. The molecule has 0 aliphatic heterocycles. The first-order valence-electron chi connectivity index (χ1n) is 5.73. The van der Waals surface area contributed by atoms with E-state index < -0.39 is 0 Å². The number of halogens is 1. The number of hydrogen-bond donors (Lipinski definition) is 1. The Labute approximate surface area is 101 Å². The van der Waals surface area contributed by atoms with Crippen LogP contribution in [0, 0.1) is 5.82 Å². The predicted octanol–water partition coefficient (Wildman–Crippen LogP) is 4.20. The van der Waals surface area contributed by atoms with Crippen molar-refractivity contribution in [2.45, 2.75) is 19.8 Å². The molecule has 0 atom stereocenters. The van der Waals surface area contributed by atoms with Crippen LogP contribution in [0.4, 0.5) is 10.1 Å². The first-order valence-corrected chi connectivity index (χ1v) is 5.73. The SMILES string of the molecule is CC(C)c1ccc(-c2ccc(F)cc2)cc1N. The summed E-state index contributed by atoms with van der Waals surface area (Å²) < 4.78 is 12.8. The summed E-state index contributed by atoms with van der Waals surface area (Å²) >= 11 is 0. The highest BCUT2D eigenvalue weighted by atomic mass is 19.1. The summed E-state index contributed by atoms with van der Waals surface area (Å²) in [4.78, 5) is 0. The van der Waals surface area contributed by atoms with Crippen LogP contribution in [0.2, 0.25) is 0 Å². The monoisotopic (exact) mass is 229 g/mol. The molecule has 0 heterocycles. The normalized spacial score (nSPS) is 10.8. The fourth-order valence-electron chi connectivity index (χ4n) is 1.92. The lowest BCUT2D eigenvalue weighted by molar-refractivity contribution is 0.628. The third-order valence-electron chi connectivity index (χ3n) is 2.89. The first kappa shape index (κ1) is 11.6. The van der Waals surface area contributed by atoms with E-state index >= 15 is 0 Å². The van der Waals surface area contributed by atoms with E-state index in [1.807, 2.05) is 18.2 Å². The molecule has 0 aliphatic carbocycles. The van der Waals surface area contributed by atoms with Crippen molar-refractivity contribution in [1.82, 2.24) is 0 Å². The Morgan fingerprint density at radius 3 is 2.06 bits per heavy atom. The molecule has 1 nitrogen and oxygen atoms in total. The quantitative estimate of drug-likeness (QED) is 0.767. The van der Waals surface area contributed by atoms with E-state index in [1.54, 1.807) is 12.1 Å². The molecule has 0 radical (unpaired) electrons. The third kappa shape index (κ3) is 2.47. The van der Waals surface area contributed by atoms with Crippen LogP contribution in [-0.2, 0) is 0 Å². The van der Waals surface area contributed by atoms with E-state index in [0.29, 0.717) is 5.92 Å². The van der Waals surface area contributed by atoms with Crippen molar-refractivity contribution in [2.24, 2.45) is 0 Å². The van der Waals surface area contributed by atoms with Gasteiger partial charge in [-0.1, -0.05) is 38.1 Å². The van der Waals surface area contributed by atoms with Crippen LogP contribution in [0.25, 0.3) is 11.1 Å². The Bertz CT molecular complexity index is 515. The summed E-state index contributed by atoms with van der Waals surface area (Å²) in [5.41, 5.74) is 9.96. The van der Waals surface area contributed by atoms with E-state index in [2.05, 4.69) is 13.8 Å². The molecule has 17 heavy (non-hydrogen) atoms. The molecule has 88 valence electrons. The van der Waals surface area contributed by atoms with E-state index in [4.69, 9.17) is 5.73 Å². The Hall–Kier alpha value is -1.83. The average molecular weight is 229 g/mol. The summed E-state index contributed by atoms with van der Waals surface area (Å²) in [5, 5.41) is 0. The Morgan fingerprint density at radius 2 is 1.53 bits per heavy atom. The standard InChI is InChI=1S/C15H16FN/c1-10(2)14-8-5-12(9-15(14)17)11-3-6-13(16)7-4-11/h3-10H,17H2,1-2H3. The number of anilines is 1. The highest BCUT2D eigenvalue weighted by Gasteiger charge is 2.06.